The minimum absolute atomic E-state index is 0.00913. The summed E-state index contributed by atoms with van der Waals surface area (Å²) in [5, 5.41) is 3.45. The van der Waals surface area contributed by atoms with Crippen molar-refractivity contribution in [2.75, 3.05) is 26.0 Å². The van der Waals surface area contributed by atoms with Gasteiger partial charge in [0.05, 0.1) is 17.8 Å². The Labute approximate surface area is 168 Å². The Morgan fingerprint density at radius 1 is 1.21 bits per heavy atom. The lowest BCUT2D eigenvalue weighted by Crippen LogP contribution is -2.48. The van der Waals surface area contributed by atoms with Crippen LogP contribution in [-0.4, -0.2) is 37.7 Å². The van der Waals surface area contributed by atoms with Crippen molar-refractivity contribution in [1.82, 2.24) is 4.90 Å². The van der Waals surface area contributed by atoms with E-state index in [9.17, 15) is 17.6 Å². The smallest absolute Gasteiger partial charge is 0.381 e. The van der Waals surface area contributed by atoms with Crippen molar-refractivity contribution in [3.63, 3.8) is 0 Å². The van der Waals surface area contributed by atoms with Gasteiger partial charge in [-0.15, -0.1) is 0 Å². The summed E-state index contributed by atoms with van der Waals surface area (Å²) in [5.41, 5.74) is 0.598. The molecule has 0 saturated carbocycles. The average Bonchev–Trinajstić information content (AvgIpc) is 2.66. The van der Waals surface area contributed by atoms with Gasteiger partial charge in [0, 0.05) is 35.7 Å². The Morgan fingerprint density at radius 3 is 2.66 bits per heavy atom. The van der Waals surface area contributed by atoms with Gasteiger partial charge in [0.25, 0.3) is 0 Å². The van der Waals surface area contributed by atoms with Crippen molar-refractivity contribution in [3.8, 4) is 0 Å². The van der Waals surface area contributed by atoms with Gasteiger partial charge in [-0.25, -0.2) is 4.39 Å². The Bertz CT molecular complexity index is 818. The van der Waals surface area contributed by atoms with Crippen LogP contribution < -0.4 is 5.32 Å². The molecule has 0 spiro atoms. The highest BCUT2D eigenvalue weighted by Crippen LogP contribution is 2.49. The number of hydrogen-bond acceptors (Lipinski definition) is 3. The number of fused-ring (bicyclic) bond motifs is 3. The molecule has 0 radical (unpaired) electrons. The van der Waals surface area contributed by atoms with E-state index in [4.69, 9.17) is 4.74 Å². The molecular weight excluding hydrogens is 384 g/mol. The molecule has 1 aromatic rings. The van der Waals surface area contributed by atoms with Crippen molar-refractivity contribution < 1.29 is 22.3 Å². The summed E-state index contributed by atoms with van der Waals surface area (Å²) in [7, 11) is 3.92. The second-order valence-electron chi connectivity index (χ2n) is 8.50. The maximum Gasteiger partial charge on any atom is 0.416 e. The first-order valence-corrected chi connectivity index (χ1v) is 10.0. The van der Waals surface area contributed by atoms with E-state index in [2.05, 4.69) is 5.32 Å². The highest BCUT2D eigenvalue weighted by Gasteiger charge is 2.45. The molecule has 0 bridgehead atoms. The van der Waals surface area contributed by atoms with E-state index < -0.39 is 17.8 Å². The van der Waals surface area contributed by atoms with Crippen LogP contribution in [0.25, 0.3) is 0 Å². The summed E-state index contributed by atoms with van der Waals surface area (Å²) < 4.78 is 59.8. The number of benzene rings is 1. The van der Waals surface area contributed by atoms with Crippen LogP contribution in [-0.2, 0) is 10.9 Å². The van der Waals surface area contributed by atoms with Crippen LogP contribution in [0.15, 0.2) is 42.3 Å². The van der Waals surface area contributed by atoms with Gasteiger partial charge in [0.1, 0.15) is 5.83 Å². The number of nitrogens with zero attached hydrogens (tertiary/aromatic N) is 1. The maximum absolute atomic E-state index is 13.4. The van der Waals surface area contributed by atoms with Crippen LogP contribution in [0.1, 0.15) is 36.5 Å². The Balaban J connectivity index is 1.68. The standard InChI is InChI=1S/C22H26F4N2O/c1-28(2)12-16-8-9-17-20(13-3-6-15(23)7-4-13)27-19-10-5-14(22(24,25)26)11-18(19)21(17)29-16/h3,5-7,10-11,13,16-17,20-21,27H,4,8-9,12H2,1-2H3/t13?,16-,17+,20+,21+/m1/s1. The average molecular weight is 410 g/mol. The second kappa shape index (κ2) is 7.76. The lowest BCUT2D eigenvalue weighted by Gasteiger charge is -2.48. The molecule has 1 N–H and O–H groups in total. The normalized spacial score (nSPS) is 31.7. The fourth-order valence-corrected chi connectivity index (χ4v) is 4.81. The number of allylic oxidation sites excluding steroid dienone is 3. The highest BCUT2D eigenvalue weighted by molar-refractivity contribution is 5.58. The lowest BCUT2D eigenvalue weighted by atomic mass is 9.73. The van der Waals surface area contributed by atoms with Gasteiger partial charge in [-0.3, -0.25) is 0 Å². The van der Waals surface area contributed by atoms with Crippen LogP contribution in [0, 0.1) is 11.8 Å². The predicted molar refractivity (Wildman–Crippen MR) is 104 cm³/mol. The Morgan fingerprint density at radius 2 is 2.00 bits per heavy atom. The van der Waals surface area contributed by atoms with Gasteiger partial charge < -0.3 is 15.0 Å². The SMILES string of the molecule is CN(C)C[C@H]1CC[C@@H]2[C@H](O1)c1cc(C(F)(F)F)ccc1N[C@H]2C1C=CC(F)=CC1. The number of halogens is 4. The van der Waals surface area contributed by atoms with Crippen LogP contribution in [0.4, 0.5) is 23.2 Å². The number of hydrogen-bond donors (Lipinski definition) is 1. The van der Waals surface area contributed by atoms with Crippen LogP contribution >= 0.6 is 0 Å². The molecule has 1 aromatic carbocycles. The number of nitrogens with one attached hydrogen (secondary N) is 1. The van der Waals surface area contributed by atoms with Gasteiger partial charge >= 0.3 is 6.18 Å². The molecular formula is C22H26F4N2O. The van der Waals surface area contributed by atoms with E-state index in [-0.39, 0.29) is 29.8 Å². The molecule has 158 valence electrons. The minimum Gasteiger partial charge on any atom is -0.381 e. The number of ether oxygens (including phenoxy) is 1. The first-order chi connectivity index (χ1) is 13.7. The van der Waals surface area contributed by atoms with Gasteiger partial charge in [-0.05, 0) is 63.7 Å². The Kier molecular flexibility index (Phi) is 5.46. The first-order valence-electron chi connectivity index (χ1n) is 10.0. The molecule has 1 unspecified atom stereocenters. The number of anilines is 1. The zero-order chi connectivity index (χ0) is 20.8. The first kappa shape index (κ1) is 20.4. The highest BCUT2D eigenvalue weighted by atomic mass is 19.4. The molecule has 3 aliphatic rings. The van der Waals surface area contributed by atoms with E-state index in [1.165, 1.54) is 18.2 Å². The third-order valence-electron chi connectivity index (χ3n) is 6.14. The van der Waals surface area contributed by atoms with Crippen molar-refractivity contribution in [2.45, 2.75) is 43.7 Å². The quantitative estimate of drug-likeness (QED) is 0.682. The molecule has 2 heterocycles. The summed E-state index contributed by atoms with van der Waals surface area (Å²) in [6.45, 7) is 0.729. The van der Waals surface area contributed by atoms with E-state index in [1.807, 2.05) is 25.1 Å². The third-order valence-corrected chi connectivity index (χ3v) is 6.14. The van der Waals surface area contributed by atoms with Gasteiger partial charge in [0.15, 0.2) is 0 Å². The maximum atomic E-state index is 13.4. The van der Waals surface area contributed by atoms with E-state index >= 15 is 0 Å². The van der Waals surface area contributed by atoms with Gasteiger partial charge in [-0.2, -0.15) is 13.2 Å². The molecule has 1 fully saturated rings. The van der Waals surface area contributed by atoms with Crippen molar-refractivity contribution in [2.24, 2.45) is 11.8 Å². The van der Waals surface area contributed by atoms with E-state index in [0.717, 1.165) is 25.5 Å². The zero-order valence-corrected chi connectivity index (χ0v) is 16.5. The van der Waals surface area contributed by atoms with Gasteiger partial charge in [0.2, 0.25) is 0 Å². The molecule has 29 heavy (non-hydrogen) atoms. The van der Waals surface area contributed by atoms with Gasteiger partial charge in [-0.1, -0.05) is 6.08 Å². The largest absolute Gasteiger partial charge is 0.416 e. The fraction of sp³-hybridized carbons (Fsp3) is 0.545. The topological polar surface area (TPSA) is 24.5 Å². The van der Waals surface area contributed by atoms with Crippen LogP contribution in [0.3, 0.4) is 0 Å². The number of alkyl halides is 3. The van der Waals surface area contributed by atoms with E-state index in [1.54, 1.807) is 6.08 Å². The molecule has 1 saturated heterocycles. The molecule has 0 amide bonds. The summed E-state index contributed by atoms with van der Waals surface area (Å²) >= 11 is 0. The predicted octanol–water partition coefficient (Wildman–Crippen LogP) is 5.33. The number of likely N-dealkylation sites (N-methyl/N-ethyl adjacent to an activating group) is 1. The third kappa shape index (κ3) is 4.21. The van der Waals surface area contributed by atoms with Crippen LogP contribution in [0.5, 0.6) is 0 Å². The lowest BCUT2D eigenvalue weighted by molar-refractivity contribution is -0.138. The Hall–Kier alpha value is -1.86. The summed E-state index contributed by atoms with van der Waals surface area (Å²) in [4.78, 5) is 2.04. The monoisotopic (exact) mass is 410 g/mol. The summed E-state index contributed by atoms with van der Waals surface area (Å²) in [5.74, 6) is -0.130. The zero-order valence-electron chi connectivity index (χ0n) is 16.5. The minimum atomic E-state index is -4.40. The molecule has 3 nitrogen and oxygen atoms in total. The summed E-state index contributed by atoms with van der Waals surface area (Å²) in [6, 6.07) is 3.83. The molecule has 4 rings (SSSR count). The molecule has 5 atom stereocenters. The fourth-order valence-electron chi connectivity index (χ4n) is 4.81. The molecule has 2 aliphatic heterocycles. The molecule has 7 heteroatoms. The molecule has 1 aliphatic carbocycles. The van der Waals surface area contributed by atoms with Crippen molar-refractivity contribution in [1.29, 1.82) is 0 Å². The van der Waals surface area contributed by atoms with Crippen LogP contribution in [0.2, 0.25) is 0 Å². The van der Waals surface area contributed by atoms with Crippen molar-refractivity contribution >= 4 is 5.69 Å². The second-order valence-corrected chi connectivity index (χ2v) is 8.50. The summed E-state index contributed by atoms with van der Waals surface area (Å²) in [6.07, 6.45) is 2.37. The molecule has 0 aromatic heterocycles. The van der Waals surface area contributed by atoms with Crippen molar-refractivity contribution in [3.05, 3.63) is 53.4 Å². The number of rotatable bonds is 3. The van der Waals surface area contributed by atoms with E-state index in [0.29, 0.717) is 17.7 Å².